The van der Waals surface area contributed by atoms with Gasteiger partial charge in [0.05, 0.1) is 6.61 Å². The summed E-state index contributed by atoms with van der Waals surface area (Å²) in [5, 5.41) is 3.43. The molecule has 0 spiro atoms. The first-order valence-corrected chi connectivity index (χ1v) is 6.77. The van der Waals surface area contributed by atoms with Gasteiger partial charge in [-0.25, -0.2) is 0 Å². The smallest absolute Gasteiger partial charge is 0.0713 e. The molecule has 3 heteroatoms. The van der Waals surface area contributed by atoms with E-state index in [4.69, 9.17) is 4.74 Å². The average Bonchev–Trinajstić information content (AvgIpc) is 2.47. The van der Waals surface area contributed by atoms with Crippen molar-refractivity contribution in [2.75, 3.05) is 31.4 Å². The van der Waals surface area contributed by atoms with Gasteiger partial charge in [-0.1, -0.05) is 24.3 Å². The van der Waals surface area contributed by atoms with Crippen LogP contribution < -0.4 is 10.2 Å². The molecule has 2 aromatic rings. The van der Waals surface area contributed by atoms with Crippen molar-refractivity contribution in [3.63, 3.8) is 0 Å². The second kappa shape index (κ2) is 6.96. The summed E-state index contributed by atoms with van der Waals surface area (Å²) in [6, 6.07) is 16.9. The number of rotatable bonds is 6. The van der Waals surface area contributed by atoms with Crippen LogP contribution in [0.2, 0.25) is 0 Å². The van der Waals surface area contributed by atoms with E-state index in [0.717, 1.165) is 12.2 Å². The molecule has 0 radical (unpaired) electrons. The van der Waals surface area contributed by atoms with Gasteiger partial charge in [-0.2, -0.15) is 0 Å². The lowest BCUT2D eigenvalue weighted by Gasteiger charge is -2.13. The second-order valence-electron chi connectivity index (χ2n) is 5.04. The highest BCUT2D eigenvalue weighted by Crippen LogP contribution is 2.16. The number of methoxy groups -OCH3 is 1. The maximum absolute atomic E-state index is 5.11. The molecular weight excluding hydrogens is 248 g/mol. The average molecular weight is 270 g/mol. The van der Waals surface area contributed by atoms with Crippen molar-refractivity contribution in [3.8, 4) is 0 Å². The highest BCUT2D eigenvalue weighted by molar-refractivity contribution is 5.54. The van der Waals surface area contributed by atoms with Crippen LogP contribution in [0.5, 0.6) is 0 Å². The molecule has 0 unspecified atom stereocenters. The Balaban J connectivity index is 1.91. The SMILES string of the molecule is COCc1ccc(CNc2ccc(N(C)C)cc2)cc1. The fourth-order valence-electron chi connectivity index (χ4n) is 2.00. The van der Waals surface area contributed by atoms with E-state index in [1.54, 1.807) is 7.11 Å². The monoisotopic (exact) mass is 270 g/mol. The van der Waals surface area contributed by atoms with Crippen LogP contribution in [-0.4, -0.2) is 21.2 Å². The van der Waals surface area contributed by atoms with E-state index < -0.39 is 0 Å². The first-order chi connectivity index (χ1) is 9.69. The molecule has 0 aliphatic rings. The van der Waals surface area contributed by atoms with Crippen LogP contribution >= 0.6 is 0 Å². The van der Waals surface area contributed by atoms with E-state index >= 15 is 0 Å². The van der Waals surface area contributed by atoms with E-state index in [2.05, 4.69) is 58.7 Å². The van der Waals surface area contributed by atoms with Gasteiger partial charge >= 0.3 is 0 Å². The lowest BCUT2D eigenvalue weighted by molar-refractivity contribution is 0.185. The predicted molar refractivity (Wildman–Crippen MR) is 85.3 cm³/mol. The molecule has 0 aromatic heterocycles. The van der Waals surface area contributed by atoms with Gasteiger partial charge in [0.25, 0.3) is 0 Å². The lowest BCUT2D eigenvalue weighted by atomic mass is 10.1. The van der Waals surface area contributed by atoms with E-state index in [-0.39, 0.29) is 0 Å². The predicted octanol–water partition coefficient (Wildman–Crippen LogP) is 3.51. The first-order valence-electron chi connectivity index (χ1n) is 6.77. The number of nitrogens with one attached hydrogen (secondary N) is 1. The Labute approximate surface area is 121 Å². The van der Waals surface area contributed by atoms with E-state index in [1.165, 1.54) is 16.8 Å². The van der Waals surface area contributed by atoms with Gasteiger partial charge in [-0.15, -0.1) is 0 Å². The Kier molecular flexibility index (Phi) is 5.02. The van der Waals surface area contributed by atoms with Crippen molar-refractivity contribution in [1.82, 2.24) is 0 Å². The third kappa shape index (κ3) is 4.00. The summed E-state index contributed by atoms with van der Waals surface area (Å²) in [4.78, 5) is 2.10. The highest BCUT2D eigenvalue weighted by atomic mass is 16.5. The Morgan fingerprint density at radius 3 is 2.05 bits per heavy atom. The number of benzene rings is 2. The standard InChI is InChI=1S/C17H22N2O/c1-19(2)17-10-8-16(9-11-17)18-12-14-4-6-15(7-5-14)13-20-3/h4-11,18H,12-13H2,1-3H3. The summed E-state index contributed by atoms with van der Waals surface area (Å²) in [6.07, 6.45) is 0. The summed E-state index contributed by atoms with van der Waals surface area (Å²) in [5.74, 6) is 0. The molecular formula is C17H22N2O. The van der Waals surface area contributed by atoms with Crippen LogP contribution in [0.15, 0.2) is 48.5 Å². The Bertz CT molecular complexity index is 518. The van der Waals surface area contributed by atoms with Gasteiger partial charge in [0.1, 0.15) is 0 Å². The fourth-order valence-corrected chi connectivity index (χ4v) is 2.00. The van der Waals surface area contributed by atoms with Crippen LogP contribution in [0, 0.1) is 0 Å². The van der Waals surface area contributed by atoms with Crippen molar-refractivity contribution in [2.45, 2.75) is 13.2 Å². The van der Waals surface area contributed by atoms with Crippen LogP contribution in [0.3, 0.4) is 0 Å². The van der Waals surface area contributed by atoms with Gasteiger partial charge in [-0.05, 0) is 35.4 Å². The molecule has 3 nitrogen and oxygen atoms in total. The molecule has 0 fully saturated rings. The second-order valence-corrected chi connectivity index (χ2v) is 5.04. The van der Waals surface area contributed by atoms with Crippen molar-refractivity contribution in [2.24, 2.45) is 0 Å². The normalized spacial score (nSPS) is 10.3. The number of anilines is 2. The molecule has 0 atom stereocenters. The number of hydrogen-bond acceptors (Lipinski definition) is 3. The van der Waals surface area contributed by atoms with Gasteiger partial charge in [-0.3, -0.25) is 0 Å². The molecule has 0 aliphatic heterocycles. The van der Waals surface area contributed by atoms with Crippen LogP contribution in [0.1, 0.15) is 11.1 Å². The number of ether oxygens (including phenoxy) is 1. The molecule has 0 saturated carbocycles. The molecule has 2 aromatic carbocycles. The van der Waals surface area contributed by atoms with Gasteiger partial charge < -0.3 is 15.0 Å². The number of nitrogens with zero attached hydrogens (tertiary/aromatic N) is 1. The van der Waals surface area contributed by atoms with Crippen molar-refractivity contribution >= 4 is 11.4 Å². The van der Waals surface area contributed by atoms with Crippen LogP contribution in [0.25, 0.3) is 0 Å². The van der Waals surface area contributed by atoms with Crippen molar-refractivity contribution in [3.05, 3.63) is 59.7 Å². The molecule has 106 valence electrons. The van der Waals surface area contributed by atoms with E-state index in [9.17, 15) is 0 Å². The van der Waals surface area contributed by atoms with E-state index in [0.29, 0.717) is 6.61 Å². The third-order valence-electron chi connectivity index (χ3n) is 3.21. The maximum atomic E-state index is 5.11. The van der Waals surface area contributed by atoms with Crippen molar-refractivity contribution < 1.29 is 4.74 Å². The summed E-state index contributed by atoms with van der Waals surface area (Å²) >= 11 is 0. The topological polar surface area (TPSA) is 24.5 Å². The van der Waals surface area contributed by atoms with Gasteiger partial charge in [0, 0.05) is 39.1 Å². The van der Waals surface area contributed by atoms with Crippen LogP contribution in [-0.2, 0) is 17.9 Å². The minimum absolute atomic E-state index is 0.666. The quantitative estimate of drug-likeness (QED) is 0.869. The molecule has 1 N–H and O–H groups in total. The molecule has 0 heterocycles. The summed E-state index contributed by atoms with van der Waals surface area (Å²) < 4.78 is 5.11. The largest absolute Gasteiger partial charge is 0.381 e. The first kappa shape index (κ1) is 14.4. The lowest BCUT2D eigenvalue weighted by Crippen LogP contribution is -2.08. The fraction of sp³-hybridized carbons (Fsp3) is 0.294. The summed E-state index contributed by atoms with van der Waals surface area (Å²) in [6.45, 7) is 1.49. The zero-order chi connectivity index (χ0) is 14.4. The van der Waals surface area contributed by atoms with E-state index in [1.807, 2.05) is 14.1 Å². The van der Waals surface area contributed by atoms with Crippen molar-refractivity contribution in [1.29, 1.82) is 0 Å². The summed E-state index contributed by atoms with van der Waals surface area (Å²) in [5.41, 5.74) is 4.81. The molecule has 0 aliphatic carbocycles. The minimum atomic E-state index is 0.666. The third-order valence-corrected chi connectivity index (χ3v) is 3.21. The molecule has 0 bridgehead atoms. The summed E-state index contributed by atoms with van der Waals surface area (Å²) in [7, 11) is 5.81. The molecule has 0 saturated heterocycles. The highest BCUT2D eigenvalue weighted by Gasteiger charge is 1.97. The molecule has 20 heavy (non-hydrogen) atoms. The molecule has 0 amide bonds. The van der Waals surface area contributed by atoms with Crippen LogP contribution in [0.4, 0.5) is 11.4 Å². The van der Waals surface area contributed by atoms with Gasteiger partial charge in [0.2, 0.25) is 0 Å². The zero-order valence-electron chi connectivity index (χ0n) is 12.4. The number of hydrogen-bond donors (Lipinski definition) is 1. The maximum Gasteiger partial charge on any atom is 0.0713 e. The van der Waals surface area contributed by atoms with Gasteiger partial charge in [0.15, 0.2) is 0 Å². The Hall–Kier alpha value is -2.00. The zero-order valence-corrected chi connectivity index (χ0v) is 12.4. The Morgan fingerprint density at radius 1 is 0.900 bits per heavy atom. The Morgan fingerprint density at radius 2 is 1.50 bits per heavy atom. The minimum Gasteiger partial charge on any atom is -0.381 e. The molecule has 2 rings (SSSR count).